The van der Waals surface area contributed by atoms with Gasteiger partial charge in [-0.15, -0.1) is 24.2 Å². The van der Waals surface area contributed by atoms with E-state index in [2.05, 4.69) is 17.0 Å². The van der Waals surface area contributed by atoms with Gasteiger partial charge in [0.25, 0.3) is 5.91 Å². The Morgan fingerprint density at radius 1 is 1.08 bits per heavy atom. The first-order valence-electron chi connectivity index (χ1n) is 12.7. The zero-order valence-electron chi connectivity index (χ0n) is 22.4. The van der Waals surface area contributed by atoms with E-state index in [1.807, 2.05) is 33.1 Å². The highest BCUT2D eigenvalue weighted by atomic mass is 35.5. The summed E-state index contributed by atoms with van der Waals surface area (Å²) in [5.41, 5.74) is 1.40. The van der Waals surface area contributed by atoms with Crippen LogP contribution in [0.15, 0.2) is 35.2 Å². The second kappa shape index (κ2) is 14.8. The van der Waals surface area contributed by atoms with Crippen LogP contribution >= 0.6 is 35.5 Å². The number of nitrogens with zero attached hydrogens (tertiary/aromatic N) is 3. The molecule has 1 aromatic heterocycles. The number of hydrogen-bond acceptors (Lipinski definition) is 9. The average Bonchev–Trinajstić information content (AvgIpc) is 3.35. The number of aromatic nitrogens is 1. The lowest BCUT2D eigenvalue weighted by molar-refractivity contribution is 0.0391. The molecular weight excluding hydrogens is 546 g/mol. The number of carbonyl (C=O) groups is 1. The Labute approximate surface area is 239 Å². The summed E-state index contributed by atoms with van der Waals surface area (Å²) < 4.78 is 24.1. The fourth-order valence-corrected chi connectivity index (χ4v) is 5.86. The van der Waals surface area contributed by atoms with Crippen LogP contribution in [0.5, 0.6) is 17.2 Å². The Bertz CT molecular complexity index is 1180. The predicted molar refractivity (Wildman–Crippen MR) is 158 cm³/mol. The first kappa shape index (κ1) is 30.3. The molecular formula is C27H36ClN3O5S2. The summed E-state index contributed by atoms with van der Waals surface area (Å²) in [6.45, 7) is 11.4. The molecule has 1 fully saturated rings. The predicted octanol–water partition coefficient (Wildman–Crippen LogP) is 5.62. The van der Waals surface area contributed by atoms with E-state index in [0.717, 1.165) is 34.7 Å². The monoisotopic (exact) mass is 581 g/mol. The second-order valence-electron chi connectivity index (χ2n) is 8.31. The van der Waals surface area contributed by atoms with E-state index in [9.17, 15) is 4.79 Å². The molecule has 1 aliphatic rings. The summed E-state index contributed by atoms with van der Waals surface area (Å²) in [6.07, 6.45) is 2.04. The molecule has 0 spiro atoms. The maximum atomic E-state index is 14.1. The molecule has 11 heteroatoms. The molecule has 0 bridgehead atoms. The molecule has 0 radical (unpaired) electrons. The van der Waals surface area contributed by atoms with Gasteiger partial charge in [-0.1, -0.05) is 17.4 Å². The van der Waals surface area contributed by atoms with Crippen LogP contribution in [0.25, 0.3) is 10.2 Å². The van der Waals surface area contributed by atoms with E-state index in [4.69, 9.17) is 23.9 Å². The van der Waals surface area contributed by atoms with Gasteiger partial charge < -0.3 is 18.9 Å². The van der Waals surface area contributed by atoms with Gasteiger partial charge >= 0.3 is 0 Å². The molecule has 0 N–H and O–H groups in total. The Kier molecular flexibility index (Phi) is 11.8. The number of fused-ring (bicyclic) bond motifs is 1. The fourth-order valence-electron chi connectivity index (χ4n) is 4.21. The first-order valence-corrected chi connectivity index (χ1v) is 14.8. The molecule has 38 heavy (non-hydrogen) atoms. The lowest BCUT2D eigenvalue weighted by Crippen LogP contribution is -2.43. The van der Waals surface area contributed by atoms with Crippen LogP contribution in [0.2, 0.25) is 0 Å². The van der Waals surface area contributed by atoms with Crippen molar-refractivity contribution in [2.75, 3.05) is 70.4 Å². The van der Waals surface area contributed by atoms with Crippen LogP contribution in [-0.2, 0) is 4.74 Å². The molecule has 8 nitrogen and oxygen atoms in total. The largest absolute Gasteiger partial charge is 0.490 e. The second-order valence-corrected chi connectivity index (χ2v) is 10.2. The smallest absolute Gasteiger partial charge is 0.260 e. The Hall–Kier alpha value is -2.24. The van der Waals surface area contributed by atoms with E-state index < -0.39 is 0 Å². The number of amides is 1. The van der Waals surface area contributed by atoms with Gasteiger partial charge in [-0.25, -0.2) is 4.98 Å². The number of thiazole rings is 1. The molecule has 0 unspecified atom stereocenters. The van der Waals surface area contributed by atoms with Gasteiger partial charge in [0.15, 0.2) is 16.6 Å². The van der Waals surface area contributed by atoms with Gasteiger partial charge in [-0.05, 0) is 51.3 Å². The van der Waals surface area contributed by atoms with E-state index in [-0.39, 0.29) is 18.3 Å². The molecule has 1 amide bonds. The van der Waals surface area contributed by atoms with E-state index in [0.29, 0.717) is 67.5 Å². The molecule has 4 rings (SSSR count). The molecule has 0 aliphatic carbocycles. The molecule has 208 valence electrons. The minimum absolute atomic E-state index is 0. The molecule has 0 saturated carbocycles. The van der Waals surface area contributed by atoms with Crippen molar-refractivity contribution in [3.63, 3.8) is 0 Å². The average molecular weight is 582 g/mol. The van der Waals surface area contributed by atoms with Crippen molar-refractivity contribution < 1.29 is 23.7 Å². The van der Waals surface area contributed by atoms with Crippen molar-refractivity contribution in [2.24, 2.45) is 0 Å². The standard InChI is InChI=1S/C27H35N3O5S2.ClH/c1-5-33-20-17-19(18-21(34-6-2)25(20)35-7-3)26(31)30(12-11-29-13-15-32-16-14-29)27-28-24-22(36-4)9-8-10-23(24)37-27;/h8-10,17-18H,5-7,11-16H2,1-4H3;1H. The number of morpholine rings is 1. The molecule has 0 atom stereocenters. The molecule has 2 aromatic carbocycles. The Balaban J connectivity index is 0.00000400. The topological polar surface area (TPSA) is 73.4 Å². The normalized spacial score (nSPS) is 13.7. The third-order valence-corrected chi connectivity index (χ3v) is 7.78. The number of anilines is 1. The maximum absolute atomic E-state index is 14.1. The summed E-state index contributed by atoms with van der Waals surface area (Å²) in [7, 11) is 0. The zero-order valence-corrected chi connectivity index (χ0v) is 24.8. The number of carbonyl (C=O) groups excluding carboxylic acids is 1. The number of thioether (sulfide) groups is 1. The van der Waals surface area contributed by atoms with Crippen LogP contribution in [-0.4, -0.2) is 81.3 Å². The summed E-state index contributed by atoms with van der Waals surface area (Å²) in [4.78, 5) is 24.3. The highest BCUT2D eigenvalue weighted by Gasteiger charge is 2.26. The van der Waals surface area contributed by atoms with Gasteiger partial charge in [-0.2, -0.15) is 0 Å². The van der Waals surface area contributed by atoms with E-state index in [1.54, 1.807) is 28.8 Å². The number of rotatable bonds is 12. The van der Waals surface area contributed by atoms with E-state index in [1.165, 1.54) is 11.3 Å². The Morgan fingerprint density at radius 2 is 1.74 bits per heavy atom. The summed E-state index contributed by atoms with van der Waals surface area (Å²) in [6, 6.07) is 9.65. The van der Waals surface area contributed by atoms with Crippen molar-refractivity contribution in [1.29, 1.82) is 0 Å². The van der Waals surface area contributed by atoms with E-state index >= 15 is 0 Å². The van der Waals surface area contributed by atoms with Gasteiger partial charge in [0, 0.05) is 36.6 Å². The molecule has 1 saturated heterocycles. The van der Waals surface area contributed by atoms with Crippen LogP contribution in [0.1, 0.15) is 31.1 Å². The van der Waals surface area contributed by atoms with Crippen molar-refractivity contribution in [2.45, 2.75) is 25.7 Å². The van der Waals surface area contributed by atoms with Gasteiger partial charge in [0.2, 0.25) is 5.75 Å². The number of hydrogen-bond donors (Lipinski definition) is 0. The van der Waals surface area contributed by atoms with Crippen LogP contribution < -0.4 is 19.1 Å². The minimum atomic E-state index is -0.150. The molecule has 3 aromatic rings. The first-order chi connectivity index (χ1) is 18.1. The van der Waals surface area contributed by atoms with Crippen LogP contribution in [0.4, 0.5) is 5.13 Å². The highest BCUT2D eigenvalue weighted by Crippen LogP contribution is 2.40. The summed E-state index contributed by atoms with van der Waals surface area (Å²) in [5.74, 6) is 1.37. The van der Waals surface area contributed by atoms with Gasteiger partial charge in [-0.3, -0.25) is 14.6 Å². The van der Waals surface area contributed by atoms with Gasteiger partial charge in [0.05, 0.1) is 43.3 Å². The minimum Gasteiger partial charge on any atom is -0.490 e. The van der Waals surface area contributed by atoms with Crippen LogP contribution in [0.3, 0.4) is 0 Å². The quantitative estimate of drug-likeness (QED) is 0.255. The fraction of sp³-hybridized carbons (Fsp3) is 0.481. The molecule has 1 aliphatic heterocycles. The zero-order chi connectivity index (χ0) is 26.2. The van der Waals surface area contributed by atoms with Crippen molar-refractivity contribution in [3.8, 4) is 17.2 Å². The Morgan fingerprint density at radius 3 is 2.34 bits per heavy atom. The maximum Gasteiger partial charge on any atom is 0.260 e. The number of para-hydroxylation sites is 1. The highest BCUT2D eigenvalue weighted by molar-refractivity contribution is 7.98. The lowest BCUT2D eigenvalue weighted by Gasteiger charge is -2.29. The lowest BCUT2D eigenvalue weighted by atomic mass is 10.1. The number of ether oxygens (including phenoxy) is 4. The number of benzene rings is 2. The van der Waals surface area contributed by atoms with Crippen molar-refractivity contribution in [3.05, 3.63) is 35.9 Å². The summed E-state index contributed by atoms with van der Waals surface area (Å²) >= 11 is 3.19. The SMILES string of the molecule is CCOc1cc(C(=O)N(CCN2CCOCC2)c2nc3c(SC)cccc3s2)cc(OCC)c1OCC.Cl. The third-order valence-electron chi connectivity index (χ3n) is 5.97. The number of halogens is 1. The third kappa shape index (κ3) is 7.04. The van der Waals surface area contributed by atoms with Crippen LogP contribution in [0, 0.1) is 0 Å². The van der Waals surface area contributed by atoms with Crippen molar-refractivity contribution in [1.82, 2.24) is 9.88 Å². The van der Waals surface area contributed by atoms with Gasteiger partial charge in [0.1, 0.15) is 0 Å². The van der Waals surface area contributed by atoms with Crippen molar-refractivity contribution >= 4 is 56.8 Å². The summed E-state index contributed by atoms with van der Waals surface area (Å²) in [5, 5.41) is 0.680. The molecule has 2 heterocycles.